The number of aryl methyl sites for hydroxylation is 1. The number of nitrogens with one attached hydrogen (secondary N) is 1. The zero-order chi connectivity index (χ0) is 12.3. The maximum absolute atomic E-state index is 13.1. The summed E-state index contributed by atoms with van der Waals surface area (Å²) in [6.07, 6.45) is 0. The molecular formula is C14H12FNO. The van der Waals surface area contributed by atoms with Crippen molar-refractivity contribution < 1.29 is 9.18 Å². The van der Waals surface area contributed by atoms with Crippen molar-refractivity contribution in [3.63, 3.8) is 0 Å². The Bertz CT molecular complexity index is 537. The Morgan fingerprint density at radius 1 is 1.12 bits per heavy atom. The smallest absolute Gasteiger partial charge is 0.256 e. The number of halogens is 1. The molecule has 1 N–H and O–H groups in total. The summed E-state index contributed by atoms with van der Waals surface area (Å²) in [7, 11) is 0. The third-order valence-electron chi connectivity index (χ3n) is 2.48. The molecule has 0 spiro atoms. The predicted octanol–water partition coefficient (Wildman–Crippen LogP) is 3.39. The fourth-order valence-corrected chi connectivity index (χ4v) is 1.56. The number of carbonyl (C=O) groups excluding carboxylic acids is 1. The molecule has 2 aromatic rings. The summed E-state index contributed by atoms with van der Waals surface area (Å²) in [4.78, 5) is 11.9. The molecule has 2 rings (SSSR count). The number of hydrogen-bond acceptors (Lipinski definition) is 1. The van der Waals surface area contributed by atoms with Crippen molar-refractivity contribution in [2.45, 2.75) is 6.92 Å². The van der Waals surface area contributed by atoms with E-state index in [9.17, 15) is 9.18 Å². The number of para-hydroxylation sites is 1. The molecule has 0 saturated carbocycles. The van der Waals surface area contributed by atoms with E-state index in [0.29, 0.717) is 11.3 Å². The first-order valence-electron chi connectivity index (χ1n) is 5.29. The van der Waals surface area contributed by atoms with Gasteiger partial charge in [0.25, 0.3) is 5.91 Å². The lowest BCUT2D eigenvalue weighted by atomic mass is 10.1. The van der Waals surface area contributed by atoms with E-state index in [1.165, 1.54) is 12.1 Å². The van der Waals surface area contributed by atoms with Gasteiger partial charge in [-0.2, -0.15) is 0 Å². The van der Waals surface area contributed by atoms with Crippen LogP contribution >= 0.6 is 0 Å². The fourth-order valence-electron chi connectivity index (χ4n) is 1.56. The van der Waals surface area contributed by atoms with E-state index < -0.39 is 5.82 Å². The third kappa shape index (κ3) is 2.69. The molecule has 0 fully saturated rings. The van der Waals surface area contributed by atoms with Crippen molar-refractivity contribution in [3.8, 4) is 0 Å². The van der Waals surface area contributed by atoms with Gasteiger partial charge in [0.15, 0.2) is 0 Å². The van der Waals surface area contributed by atoms with Crippen LogP contribution in [0.1, 0.15) is 15.9 Å². The summed E-state index contributed by atoms with van der Waals surface area (Å²) in [6.45, 7) is 1.78. The van der Waals surface area contributed by atoms with E-state index in [1.807, 2.05) is 18.2 Å². The van der Waals surface area contributed by atoms with Gasteiger partial charge in [-0.15, -0.1) is 0 Å². The minimum atomic E-state index is -0.409. The minimum absolute atomic E-state index is 0.298. The maximum atomic E-state index is 13.1. The quantitative estimate of drug-likeness (QED) is 0.840. The van der Waals surface area contributed by atoms with Crippen molar-refractivity contribution in [2.75, 3.05) is 5.32 Å². The van der Waals surface area contributed by atoms with Crippen molar-refractivity contribution in [3.05, 3.63) is 65.5 Å². The van der Waals surface area contributed by atoms with Gasteiger partial charge < -0.3 is 5.32 Å². The number of amides is 1. The van der Waals surface area contributed by atoms with Gasteiger partial charge >= 0.3 is 0 Å². The molecule has 0 atom stereocenters. The van der Waals surface area contributed by atoms with E-state index in [0.717, 1.165) is 5.56 Å². The molecule has 2 aromatic carbocycles. The Hall–Kier alpha value is -2.16. The topological polar surface area (TPSA) is 29.1 Å². The monoisotopic (exact) mass is 229 g/mol. The molecule has 86 valence electrons. The SMILES string of the molecule is Cc1ccc(F)cc1C(=O)Nc1ccccc1. The van der Waals surface area contributed by atoms with Crippen LogP contribution in [0, 0.1) is 12.7 Å². The molecular weight excluding hydrogens is 217 g/mol. The van der Waals surface area contributed by atoms with Gasteiger partial charge in [-0.25, -0.2) is 4.39 Å². The molecule has 0 heterocycles. The Labute approximate surface area is 99.1 Å². The normalized spacial score (nSPS) is 10.0. The van der Waals surface area contributed by atoms with Crippen LogP contribution in [-0.2, 0) is 0 Å². The highest BCUT2D eigenvalue weighted by Gasteiger charge is 2.09. The zero-order valence-corrected chi connectivity index (χ0v) is 9.41. The highest BCUT2D eigenvalue weighted by atomic mass is 19.1. The van der Waals surface area contributed by atoms with Crippen LogP contribution in [0.3, 0.4) is 0 Å². The van der Waals surface area contributed by atoms with E-state index in [4.69, 9.17) is 0 Å². The van der Waals surface area contributed by atoms with Crippen LogP contribution in [0.4, 0.5) is 10.1 Å². The second-order valence-electron chi connectivity index (χ2n) is 3.78. The van der Waals surface area contributed by atoms with Gasteiger partial charge in [0.1, 0.15) is 5.82 Å². The average Bonchev–Trinajstić information content (AvgIpc) is 2.33. The predicted molar refractivity (Wildman–Crippen MR) is 65.5 cm³/mol. The Kier molecular flexibility index (Phi) is 3.19. The van der Waals surface area contributed by atoms with Crippen LogP contribution in [0.5, 0.6) is 0 Å². The minimum Gasteiger partial charge on any atom is -0.322 e. The van der Waals surface area contributed by atoms with Gasteiger partial charge in [0, 0.05) is 11.3 Å². The average molecular weight is 229 g/mol. The molecule has 0 aliphatic heterocycles. The molecule has 2 nitrogen and oxygen atoms in total. The number of benzene rings is 2. The molecule has 0 aromatic heterocycles. The highest BCUT2D eigenvalue weighted by Crippen LogP contribution is 2.13. The highest BCUT2D eigenvalue weighted by molar-refractivity contribution is 6.05. The third-order valence-corrected chi connectivity index (χ3v) is 2.48. The molecule has 0 radical (unpaired) electrons. The molecule has 0 aliphatic rings. The molecule has 0 saturated heterocycles. The summed E-state index contributed by atoms with van der Waals surface area (Å²) < 4.78 is 13.1. The lowest BCUT2D eigenvalue weighted by Gasteiger charge is -2.07. The van der Waals surface area contributed by atoms with Crippen LogP contribution in [-0.4, -0.2) is 5.91 Å². The van der Waals surface area contributed by atoms with Crippen LogP contribution in [0.25, 0.3) is 0 Å². The maximum Gasteiger partial charge on any atom is 0.256 e. The standard InChI is InChI=1S/C14H12FNO/c1-10-7-8-11(15)9-13(10)14(17)16-12-5-3-2-4-6-12/h2-9H,1H3,(H,16,17). The van der Waals surface area contributed by atoms with Gasteiger partial charge in [0.05, 0.1) is 0 Å². The van der Waals surface area contributed by atoms with E-state index >= 15 is 0 Å². The Balaban J connectivity index is 2.23. The summed E-state index contributed by atoms with van der Waals surface area (Å²) in [5.74, 6) is -0.706. The zero-order valence-electron chi connectivity index (χ0n) is 9.41. The summed E-state index contributed by atoms with van der Waals surface area (Å²) >= 11 is 0. The van der Waals surface area contributed by atoms with Gasteiger partial charge in [-0.05, 0) is 36.8 Å². The molecule has 3 heteroatoms. The van der Waals surface area contributed by atoms with Gasteiger partial charge in [0.2, 0.25) is 0 Å². The van der Waals surface area contributed by atoms with Crippen molar-refractivity contribution in [1.29, 1.82) is 0 Å². The number of hydrogen-bond donors (Lipinski definition) is 1. The van der Waals surface area contributed by atoms with Crippen molar-refractivity contribution in [1.82, 2.24) is 0 Å². The van der Waals surface area contributed by atoms with Crippen molar-refractivity contribution in [2.24, 2.45) is 0 Å². The van der Waals surface area contributed by atoms with E-state index in [2.05, 4.69) is 5.32 Å². The first-order valence-corrected chi connectivity index (χ1v) is 5.29. The van der Waals surface area contributed by atoms with Crippen LogP contribution in [0.15, 0.2) is 48.5 Å². The molecule has 0 unspecified atom stereocenters. The first-order chi connectivity index (χ1) is 8.16. The molecule has 0 bridgehead atoms. The Morgan fingerprint density at radius 3 is 2.53 bits per heavy atom. The van der Waals surface area contributed by atoms with E-state index in [1.54, 1.807) is 25.1 Å². The number of carbonyl (C=O) groups is 1. The fraction of sp³-hybridized carbons (Fsp3) is 0.0714. The number of rotatable bonds is 2. The molecule has 17 heavy (non-hydrogen) atoms. The van der Waals surface area contributed by atoms with E-state index in [-0.39, 0.29) is 5.91 Å². The van der Waals surface area contributed by atoms with Gasteiger partial charge in [-0.1, -0.05) is 24.3 Å². The molecule has 1 amide bonds. The van der Waals surface area contributed by atoms with Crippen LogP contribution in [0.2, 0.25) is 0 Å². The van der Waals surface area contributed by atoms with Gasteiger partial charge in [-0.3, -0.25) is 4.79 Å². The first kappa shape index (κ1) is 11.3. The molecule has 0 aliphatic carbocycles. The summed E-state index contributed by atoms with van der Waals surface area (Å²) in [5, 5.41) is 2.72. The lowest BCUT2D eigenvalue weighted by Crippen LogP contribution is -2.13. The second-order valence-corrected chi connectivity index (χ2v) is 3.78. The van der Waals surface area contributed by atoms with Crippen LogP contribution < -0.4 is 5.32 Å². The lowest BCUT2D eigenvalue weighted by molar-refractivity contribution is 0.102. The Morgan fingerprint density at radius 2 is 1.82 bits per heavy atom. The largest absolute Gasteiger partial charge is 0.322 e. The summed E-state index contributed by atoms with van der Waals surface area (Å²) in [6, 6.07) is 13.3. The second kappa shape index (κ2) is 4.78. The number of anilines is 1. The summed E-state index contributed by atoms with van der Waals surface area (Å²) in [5.41, 5.74) is 1.80. The van der Waals surface area contributed by atoms with Crippen molar-refractivity contribution >= 4 is 11.6 Å².